The standard InChI is InChI=1S/C27H20BrClN2O4S/c1-3-20-23(26(33)34-2)24(15-7-5-4-6-8-15)31-25(32)22(36-27(31)30-20)14-17-10-12-21(35-17)16-9-11-18(28)19(29)13-16/h4-14,24H,3H2,1-2H3/b22-14-/t24-/m0/s1. The number of ether oxygens (including phenoxy) is 1. The molecular formula is C27H20BrClN2O4S. The van der Waals surface area contributed by atoms with Crippen LogP contribution in [0.3, 0.4) is 0 Å². The minimum Gasteiger partial charge on any atom is -0.466 e. The van der Waals surface area contributed by atoms with Gasteiger partial charge in [0.05, 0.1) is 34.0 Å². The number of fused-ring (bicyclic) bond motifs is 1. The average Bonchev–Trinajstić information content (AvgIpc) is 3.49. The van der Waals surface area contributed by atoms with Gasteiger partial charge in [-0.15, -0.1) is 0 Å². The van der Waals surface area contributed by atoms with Crippen LogP contribution in [0.15, 0.2) is 90.6 Å². The van der Waals surface area contributed by atoms with Crippen LogP contribution < -0.4 is 14.9 Å². The first-order chi connectivity index (χ1) is 17.4. The normalized spacial score (nSPS) is 15.6. The van der Waals surface area contributed by atoms with Crippen LogP contribution in [-0.4, -0.2) is 17.6 Å². The van der Waals surface area contributed by atoms with Crippen LogP contribution in [0.1, 0.15) is 30.7 Å². The van der Waals surface area contributed by atoms with Crippen LogP contribution in [-0.2, 0) is 9.53 Å². The first-order valence-electron chi connectivity index (χ1n) is 11.1. The number of furan rings is 1. The van der Waals surface area contributed by atoms with E-state index in [1.807, 2.05) is 61.5 Å². The quantitative estimate of drug-likeness (QED) is 0.292. The summed E-state index contributed by atoms with van der Waals surface area (Å²) in [6.07, 6.45) is 2.22. The molecule has 1 aliphatic rings. The molecule has 36 heavy (non-hydrogen) atoms. The molecule has 6 nitrogen and oxygen atoms in total. The van der Waals surface area contributed by atoms with E-state index in [9.17, 15) is 9.59 Å². The lowest BCUT2D eigenvalue weighted by Gasteiger charge is -2.25. The monoisotopic (exact) mass is 582 g/mol. The van der Waals surface area contributed by atoms with Crippen molar-refractivity contribution in [3.8, 4) is 11.3 Å². The molecule has 2 aromatic carbocycles. The van der Waals surface area contributed by atoms with Gasteiger partial charge in [-0.05, 0) is 52.2 Å². The van der Waals surface area contributed by atoms with E-state index in [0.717, 1.165) is 15.6 Å². The van der Waals surface area contributed by atoms with Crippen LogP contribution in [0.2, 0.25) is 5.02 Å². The van der Waals surface area contributed by atoms with Gasteiger partial charge < -0.3 is 9.15 Å². The highest BCUT2D eigenvalue weighted by Gasteiger charge is 2.33. The highest BCUT2D eigenvalue weighted by atomic mass is 79.9. The number of esters is 1. The maximum atomic E-state index is 13.7. The highest BCUT2D eigenvalue weighted by Crippen LogP contribution is 2.32. The Morgan fingerprint density at radius 1 is 1.22 bits per heavy atom. The van der Waals surface area contributed by atoms with Gasteiger partial charge >= 0.3 is 5.97 Å². The van der Waals surface area contributed by atoms with E-state index in [2.05, 4.69) is 20.9 Å². The van der Waals surface area contributed by atoms with Crippen molar-refractivity contribution < 1.29 is 13.9 Å². The molecule has 2 aromatic heterocycles. The van der Waals surface area contributed by atoms with Crippen LogP contribution >= 0.6 is 38.9 Å². The van der Waals surface area contributed by atoms with Crippen molar-refractivity contribution >= 4 is 50.9 Å². The molecule has 3 heterocycles. The van der Waals surface area contributed by atoms with Gasteiger partial charge in [0.15, 0.2) is 4.80 Å². The summed E-state index contributed by atoms with van der Waals surface area (Å²) in [6.45, 7) is 1.93. The van der Waals surface area contributed by atoms with Crippen LogP contribution in [0.25, 0.3) is 17.4 Å². The predicted molar refractivity (Wildman–Crippen MR) is 144 cm³/mol. The second-order valence-corrected chi connectivity index (χ2v) is 10.3. The van der Waals surface area contributed by atoms with Gasteiger partial charge in [-0.3, -0.25) is 9.36 Å². The number of hydrogen-bond donors (Lipinski definition) is 0. The van der Waals surface area contributed by atoms with Crippen LogP contribution in [0.4, 0.5) is 0 Å². The number of thiazole rings is 1. The molecule has 0 amide bonds. The van der Waals surface area contributed by atoms with Crippen molar-refractivity contribution in [2.45, 2.75) is 19.4 Å². The number of benzene rings is 2. The Hall–Kier alpha value is -3.20. The molecule has 1 atom stereocenters. The molecule has 0 saturated carbocycles. The van der Waals surface area contributed by atoms with Crippen molar-refractivity contribution in [2.24, 2.45) is 4.99 Å². The Kier molecular flexibility index (Phi) is 6.83. The summed E-state index contributed by atoms with van der Waals surface area (Å²) in [5, 5.41) is 0.577. The van der Waals surface area contributed by atoms with Gasteiger partial charge in [0.1, 0.15) is 11.5 Å². The summed E-state index contributed by atoms with van der Waals surface area (Å²) in [6, 6.07) is 18.0. The van der Waals surface area contributed by atoms with Crippen LogP contribution in [0.5, 0.6) is 0 Å². The van der Waals surface area contributed by atoms with Gasteiger partial charge in [0.25, 0.3) is 5.56 Å². The van der Waals surface area contributed by atoms with Crippen molar-refractivity contribution in [1.82, 2.24) is 4.57 Å². The second kappa shape index (κ2) is 10.0. The van der Waals surface area contributed by atoms with E-state index >= 15 is 0 Å². The fourth-order valence-electron chi connectivity index (χ4n) is 4.18. The Balaban J connectivity index is 1.65. The SMILES string of the molecule is CCC1=C(C(=O)OC)[C@H](c2ccccc2)n2c(s/c(=C\c3ccc(-c4ccc(Br)c(Cl)c4)o3)c2=O)=N1. The Morgan fingerprint density at radius 3 is 2.69 bits per heavy atom. The van der Waals surface area contributed by atoms with Crippen molar-refractivity contribution in [1.29, 1.82) is 0 Å². The third-order valence-corrected chi connectivity index (χ3v) is 8.09. The Morgan fingerprint density at radius 2 is 2.00 bits per heavy atom. The first-order valence-corrected chi connectivity index (χ1v) is 13.1. The third-order valence-electron chi connectivity index (χ3n) is 5.87. The van der Waals surface area contributed by atoms with Crippen molar-refractivity contribution in [2.75, 3.05) is 7.11 Å². The van der Waals surface area contributed by atoms with Crippen molar-refractivity contribution in [3.05, 3.63) is 112 Å². The molecule has 182 valence electrons. The van der Waals surface area contributed by atoms with Gasteiger partial charge in [-0.1, -0.05) is 66.3 Å². The first kappa shape index (κ1) is 24.5. The number of methoxy groups -OCH3 is 1. The maximum Gasteiger partial charge on any atom is 0.338 e. The van der Waals surface area contributed by atoms with Gasteiger partial charge in [0, 0.05) is 16.1 Å². The van der Waals surface area contributed by atoms with E-state index in [1.54, 1.807) is 16.7 Å². The molecule has 0 radical (unpaired) electrons. The zero-order valence-electron chi connectivity index (χ0n) is 19.3. The largest absolute Gasteiger partial charge is 0.466 e. The molecular weight excluding hydrogens is 564 g/mol. The Bertz CT molecular complexity index is 1680. The lowest BCUT2D eigenvalue weighted by molar-refractivity contribution is -0.136. The number of hydrogen-bond acceptors (Lipinski definition) is 6. The molecule has 9 heteroatoms. The van der Waals surface area contributed by atoms with Crippen LogP contribution in [0, 0.1) is 0 Å². The van der Waals surface area contributed by atoms with Gasteiger partial charge in [0.2, 0.25) is 0 Å². The zero-order valence-corrected chi connectivity index (χ0v) is 22.5. The molecule has 0 N–H and O–H groups in total. The van der Waals surface area contributed by atoms with E-state index in [-0.39, 0.29) is 5.56 Å². The fraction of sp³-hybridized carbons (Fsp3) is 0.148. The number of carbonyl (C=O) groups is 1. The minimum absolute atomic E-state index is 0.256. The maximum absolute atomic E-state index is 13.7. The number of aromatic nitrogens is 1. The summed E-state index contributed by atoms with van der Waals surface area (Å²) in [5.74, 6) is 0.655. The molecule has 0 unspecified atom stereocenters. The molecule has 0 fully saturated rings. The number of carbonyl (C=O) groups excluding carboxylic acids is 1. The molecule has 4 aromatic rings. The number of allylic oxidation sites excluding steroid dienone is 1. The zero-order chi connectivity index (χ0) is 25.4. The predicted octanol–water partition coefficient (Wildman–Crippen LogP) is 5.47. The molecule has 0 aliphatic carbocycles. The topological polar surface area (TPSA) is 73.8 Å². The number of nitrogens with zero attached hydrogens (tertiary/aromatic N) is 2. The van der Waals surface area contributed by atoms with Crippen molar-refractivity contribution in [3.63, 3.8) is 0 Å². The molecule has 0 bridgehead atoms. The molecule has 0 saturated heterocycles. The fourth-order valence-corrected chi connectivity index (χ4v) is 5.61. The summed E-state index contributed by atoms with van der Waals surface area (Å²) in [5.41, 5.74) is 2.35. The summed E-state index contributed by atoms with van der Waals surface area (Å²) >= 11 is 10.9. The third kappa shape index (κ3) is 4.40. The summed E-state index contributed by atoms with van der Waals surface area (Å²) < 4.78 is 13.9. The smallest absolute Gasteiger partial charge is 0.338 e. The Labute approximate surface area is 224 Å². The second-order valence-electron chi connectivity index (χ2n) is 8.03. The van der Waals surface area contributed by atoms with Gasteiger partial charge in [-0.25, -0.2) is 9.79 Å². The summed E-state index contributed by atoms with van der Waals surface area (Å²) in [7, 11) is 1.34. The molecule has 1 aliphatic heterocycles. The number of rotatable bonds is 5. The highest BCUT2D eigenvalue weighted by molar-refractivity contribution is 9.10. The minimum atomic E-state index is -0.635. The number of halogens is 2. The van der Waals surface area contributed by atoms with E-state index < -0.39 is 12.0 Å². The van der Waals surface area contributed by atoms with E-state index in [4.69, 9.17) is 20.8 Å². The van der Waals surface area contributed by atoms with Gasteiger partial charge in [-0.2, -0.15) is 0 Å². The summed E-state index contributed by atoms with van der Waals surface area (Å²) in [4.78, 5) is 31.7. The van der Waals surface area contributed by atoms with E-state index in [0.29, 0.717) is 43.6 Å². The average molecular weight is 584 g/mol. The molecule has 0 spiro atoms. The molecule has 5 rings (SSSR count). The van der Waals surface area contributed by atoms with E-state index in [1.165, 1.54) is 18.4 Å². The lowest BCUT2D eigenvalue weighted by Crippen LogP contribution is -2.40. The lowest BCUT2D eigenvalue weighted by atomic mass is 9.95.